The van der Waals surface area contributed by atoms with E-state index in [0.29, 0.717) is 41.2 Å². The van der Waals surface area contributed by atoms with Crippen LogP contribution >= 0.6 is 11.3 Å². The Morgan fingerprint density at radius 1 is 1.16 bits per heavy atom. The summed E-state index contributed by atoms with van der Waals surface area (Å²) in [6, 6.07) is 11.9. The summed E-state index contributed by atoms with van der Waals surface area (Å²) >= 11 is 1.40. The summed E-state index contributed by atoms with van der Waals surface area (Å²) in [5, 5.41) is 11.1. The largest absolute Gasteiger partial charge is 0.416 e. The van der Waals surface area contributed by atoms with Crippen LogP contribution < -0.4 is 0 Å². The van der Waals surface area contributed by atoms with E-state index in [1.165, 1.54) is 23.5 Å². The van der Waals surface area contributed by atoms with Crippen LogP contribution in [0, 0.1) is 0 Å². The van der Waals surface area contributed by atoms with Crippen molar-refractivity contribution in [3.63, 3.8) is 0 Å². The van der Waals surface area contributed by atoms with E-state index in [0.717, 1.165) is 22.7 Å². The van der Waals surface area contributed by atoms with Gasteiger partial charge in [0.15, 0.2) is 0 Å². The van der Waals surface area contributed by atoms with E-state index in [9.17, 15) is 23.1 Å². The van der Waals surface area contributed by atoms with Crippen LogP contribution in [0.5, 0.6) is 0 Å². The highest BCUT2D eigenvalue weighted by atomic mass is 32.1. The van der Waals surface area contributed by atoms with Crippen LogP contribution in [0.2, 0.25) is 0 Å². The van der Waals surface area contributed by atoms with Crippen molar-refractivity contribution in [3.8, 4) is 10.6 Å². The molecule has 32 heavy (non-hydrogen) atoms. The summed E-state index contributed by atoms with van der Waals surface area (Å²) in [4.78, 5) is 20.4. The van der Waals surface area contributed by atoms with E-state index >= 15 is 0 Å². The molecule has 1 saturated heterocycles. The molecule has 0 spiro atoms. The second kappa shape index (κ2) is 7.68. The molecule has 2 aliphatic heterocycles. The molecule has 1 aromatic heterocycles. The summed E-state index contributed by atoms with van der Waals surface area (Å²) in [5.41, 5.74) is 0.926. The Kier molecular flexibility index (Phi) is 5.07. The minimum Gasteiger partial charge on any atom is -0.380 e. The lowest BCUT2D eigenvalue weighted by molar-refractivity contribution is -0.184. The molecule has 9 heteroatoms. The first kappa shape index (κ1) is 21.1. The Balaban J connectivity index is 1.34. The second-order valence-electron chi connectivity index (χ2n) is 8.05. The summed E-state index contributed by atoms with van der Waals surface area (Å²) in [6.07, 6.45) is -3.80. The van der Waals surface area contributed by atoms with Crippen molar-refractivity contribution < 1.29 is 27.8 Å². The van der Waals surface area contributed by atoms with Crippen LogP contribution in [0.1, 0.15) is 32.1 Å². The number of nitrogens with zero attached hydrogens (tertiary/aromatic N) is 2. The molecule has 0 radical (unpaired) electrons. The highest BCUT2D eigenvalue weighted by Gasteiger charge is 2.38. The Morgan fingerprint density at radius 3 is 2.56 bits per heavy atom. The van der Waals surface area contributed by atoms with Gasteiger partial charge in [-0.2, -0.15) is 13.2 Å². The molecule has 0 saturated carbocycles. The van der Waals surface area contributed by atoms with E-state index in [1.807, 2.05) is 0 Å². The van der Waals surface area contributed by atoms with Gasteiger partial charge < -0.3 is 14.7 Å². The lowest BCUT2D eigenvalue weighted by Crippen LogP contribution is -2.46. The van der Waals surface area contributed by atoms with E-state index in [4.69, 9.17) is 4.74 Å². The molecule has 2 aromatic carbocycles. The highest BCUT2D eigenvalue weighted by molar-refractivity contribution is 7.15. The van der Waals surface area contributed by atoms with Crippen LogP contribution in [-0.2, 0) is 29.5 Å². The average molecular weight is 460 g/mol. The van der Waals surface area contributed by atoms with E-state index in [1.54, 1.807) is 29.2 Å². The van der Waals surface area contributed by atoms with Crippen LogP contribution in [0.4, 0.5) is 13.2 Å². The van der Waals surface area contributed by atoms with Crippen molar-refractivity contribution in [2.24, 2.45) is 0 Å². The standard InChI is InChI=1S/C23H19F3N2O3S/c24-23(25,26)16-6-4-14(5-7-16)20-27-18-8-9-28(11-19(18)32-20)21(29)15-2-1-3-17(10-15)22(30)12-31-13-22/h1-7,10,30H,8-9,11-13H2. The quantitative estimate of drug-likeness (QED) is 0.635. The van der Waals surface area contributed by atoms with Crippen molar-refractivity contribution >= 4 is 17.2 Å². The van der Waals surface area contributed by atoms with E-state index < -0.39 is 17.3 Å². The molecule has 1 amide bonds. The van der Waals surface area contributed by atoms with Gasteiger partial charge >= 0.3 is 6.18 Å². The number of rotatable bonds is 3. The smallest absolute Gasteiger partial charge is 0.380 e. The SMILES string of the molecule is O=C(c1cccc(C2(O)COC2)c1)N1CCc2nc(-c3ccc(C(F)(F)F)cc3)sc2C1. The number of carbonyl (C=O) groups is 1. The molecule has 0 aliphatic carbocycles. The number of aliphatic hydroxyl groups is 1. The van der Waals surface area contributed by atoms with Gasteiger partial charge in [0.2, 0.25) is 0 Å². The normalized spacial score (nSPS) is 17.6. The number of benzene rings is 2. The number of aromatic nitrogens is 1. The molecule has 5 rings (SSSR count). The van der Waals surface area contributed by atoms with Gasteiger partial charge in [0.05, 0.1) is 31.0 Å². The number of amides is 1. The van der Waals surface area contributed by atoms with Gasteiger partial charge in [-0.25, -0.2) is 4.98 Å². The van der Waals surface area contributed by atoms with Gasteiger partial charge in [0.1, 0.15) is 10.6 Å². The molecule has 0 unspecified atom stereocenters. The van der Waals surface area contributed by atoms with Gasteiger partial charge in [0.25, 0.3) is 5.91 Å². The molecule has 3 aromatic rings. The third-order valence-electron chi connectivity index (χ3n) is 5.81. The maximum atomic E-state index is 13.1. The van der Waals surface area contributed by atoms with Crippen molar-refractivity contribution in [2.75, 3.05) is 19.8 Å². The summed E-state index contributed by atoms with van der Waals surface area (Å²) in [7, 11) is 0. The molecular weight excluding hydrogens is 441 g/mol. The summed E-state index contributed by atoms with van der Waals surface area (Å²) in [6.45, 7) is 1.32. The molecular formula is C23H19F3N2O3S. The molecule has 5 nitrogen and oxygen atoms in total. The summed E-state index contributed by atoms with van der Waals surface area (Å²) in [5.74, 6) is -0.133. The van der Waals surface area contributed by atoms with Gasteiger partial charge in [-0.3, -0.25) is 4.79 Å². The second-order valence-corrected chi connectivity index (χ2v) is 9.13. The number of ether oxygens (including phenoxy) is 1. The van der Waals surface area contributed by atoms with E-state index in [-0.39, 0.29) is 19.1 Å². The first-order valence-corrected chi connectivity index (χ1v) is 10.9. The fourth-order valence-corrected chi connectivity index (χ4v) is 5.01. The zero-order valence-electron chi connectivity index (χ0n) is 16.9. The first-order chi connectivity index (χ1) is 15.2. The fraction of sp³-hybridized carbons (Fsp3) is 0.304. The number of carbonyl (C=O) groups excluding carboxylic acids is 1. The topological polar surface area (TPSA) is 62.7 Å². The molecule has 2 aliphatic rings. The van der Waals surface area contributed by atoms with Gasteiger partial charge in [-0.05, 0) is 29.8 Å². The lowest BCUT2D eigenvalue weighted by atomic mass is 9.91. The van der Waals surface area contributed by atoms with E-state index in [2.05, 4.69) is 4.98 Å². The zero-order valence-corrected chi connectivity index (χ0v) is 17.7. The minimum atomic E-state index is -4.37. The number of hydrogen-bond acceptors (Lipinski definition) is 5. The highest BCUT2D eigenvalue weighted by Crippen LogP contribution is 2.35. The Morgan fingerprint density at radius 2 is 1.91 bits per heavy atom. The third-order valence-corrected chi connectivity index (χ3v) is 6.94. The fourth-order valence-electron chi connectivity index (χ4n) is 3.88. The Bertz CT molecular complexity index is 1170. The number of halogens is 3. The Hall–Kier alpha value is -2.75. The molecule has 1 fully saturated rings. The molecule has 0 bridgehead atoms. The average Bonchev–Trinajstić information content (AvgIpc) is 3.20. The molecule has 1 N–H and O–H groups in total. The first-order valence-electron chi connectivity index (χ1n) is 10.1. The van der Waals surface area contributed by atoms with Crippen molar-refractivity contribution in [1.82, 2.24) is 9.88 Å². The number of alkyl halides is 3. The minimum absolute atomic E-state index is 0.133. The predicted molar refractivity (Wildman–Crippen MR) is 112 cm³/mol. The molecule has 166 valence electrons. The number of thiazole rings is 1. The monoisotopic (exact) mass is 460 g/mol. The lowest BCUT2D eigenvalue weighted by Gasteiger charge is -2.37. The number of hydrogen-bond donors (Lipinski definition) is 1. The molecule has 0 atom stereocenters. The maximum Gasteiger partial charge on any atom is 0.416 e. The zero-order chi connectivity index (χ0) is 22.5. The van der Waals surface area contributed by atoms with Crippen molar-refractivity contribution in [1.29, 1.82) is 0 Å². The Labute approximate surface area is 186 Å². The van der Waals surface area contributed by atoms with Gasteiger partial charge in [0, 0.05) is 29.0 Å². The predicted octanol–water partition coefficient (Wildman–Crippen LogP) is 4.25. The van der Waals surface area contributed by atoms with Crippen molar-refractivity contribution in [3.05, 3.63) is 75.8 Å². The molecule has 3 heterocycles. The van der Waals surface area contributed by atoms with Crippen LogP contribution in [0.15, 0.2) is 48.5 Å². The summed E-state index contributed by atoms with van der Waals surface area (Å²) < 4.78 is 43.5. The van der Waals surface area contributed by atoms with Gasteiger partial charge in [-0.1, -0.05) is 24.3 Å². The van der Waals surface area contributed by atoms with Crippen molar-refractivity contribution in [2.45, 2.75) is 24.7 Å². The third kappa shape index (κ3) is 3.80. The van der Waals surface area contributed by atoms with Crippen LogP contribution in [-0.4, -0.2) is 40.7 Å². The number of fused-ring (bicyclic) bond motifs is 1. The van der Waals surface area contributed by atoms with Crippen LogP contribution in [0.3, 0.4) is 0 Å². The maximum absolute atomic E-state index is 13.1. The van der Waals surface area contributed by atoms with Crippen LogP contribution in [0.25, 0.3) is 10.6 Å². The van der Waals surface area contributed by atoms with Gasteiger partial charge in [-0.15, -0.1) is 11.3 Å².